The Hall–Kier alpha value is -1.47. The van der Waals surface area contributed by atoms with Gasteiger partial charge in [-0.1, -0.05) is 0 Å². The molecule has 0 bridgehead atoms. The monoisotopic (exact) mass is 246 g/mol. The van der Waals surface area contributed by atoms with Gasteiger partial charge in [0, 0.05) is 19.7 Å². The van der Waals surface area contributed by atoms with Crippen LogP contribution in [0.3, 0.4) is 0 Å². The molecule has 0 atom stereocenters. The van der Waals surface area contributed by atoms with Crippen LogP contribution < -0.4 is 5.14 Å². The lowest BCUT2D eigenvalue weighted by molar-refractivity contribution is 0.0827. The van der Waals surface area contributed by atoms with E-state index < -0.39 is 26.6 Å². The predicted molar refractivity (Wildman–Crippen MR) is 55.8 cm³/mol. The lowest BCUT2D eigenvalue weighted by Gasteiger charge is -2.10. The second-order valence-corrected chi connectivity index (χ2v) is 4.92. The molecule has 1 rings (SSSR count). The third-order valence-electron chi connectivity index (χ3n) is 1.89. The summed E-state index contributed by atoms with van der Waals surface area (Å²) in [7, 11) is -1.08. The van der Waals surface area contributed by atoms with Gasteiger partial charge in [-0.25, -0.2) is 17.9 Å². The fourth-order valence-electron chi connectivity index (χ4n) is 1.12. The Morgan fingerprint density at radius 2 is 1.94 bits per heavy atom. The van der Waals surface area contributed by atoms with Crippen LogP contribution in [-0.4, -0.2) is 33.3 Å². The molecule has 0 saturated heterocycles. The van der Waals surface area contributed by atoms with Gasteiger partial charge in [-0.15, -0.1) is 0 Å². The normalized spacial score (nSPS) is 11.2. The summed E-state index contributed by atoms with van der Waals surface area (Å²) in [6.07, 6.45) is 0. The van der Waals surface area contributed by atoms with Crippen LogP contribution in [0, 0.1) is 5.82 Å². The van der Waals surface area contributed by atoms with Gasteiger partial charge in [0.25, 0.3) is 5.91 Å². The van der Waals surface area contributed by atoms with Crippen LogP contribution in [0.25, 0.3) is 0 Å². The highest BCUT2D eigenvalue weighted by Gasteiger charge is 2.17. The zero-order valence-corrected chi connectivity index (χ0v) is 9.58. The number of hydrogen-bond acceptors (Lipinski definition) is 3. The molecule has 2 N–H and O–H groups in total. The average Bonchev–Trinajstić information content (AvgIpc) is 2.14. The Morgan fingerprint density at radius 1 is 1.38 bits per heavy atom. The Balaban J connectivity index is 3.25. The maximum Gasteiger partial charge on any atom is 0.253 e. The van der Waals surface area contributed by atoms with Gasteiger partial charge in [0.05, 0.1) is 0 Å². The van der Waals surface area contributed by atoms with E-state index in [1.54, 1.807) is 0 Å². The number of carbonyl (C=O) groups excluding carboxylic acids is 1. The molecule has 0 aliphatic rings. The Labute approximate surface area is 92.7 Å². The predicted octanol–water partition coefficient (Wildman–Crippen LogP) is 0.175. The number of rotatable bonds is 2. The standard InChI is InChI=1S/C9H11FN2O3S/c1-12(2)9(13)6-3-4-8(7(10)5-6)16(11,14)15/h3-5H,1-2H3,(H2,11,14,15). The van der Waals surface area contributed by atoms with Crippen LogP contribution in [-0.2, 0) is 10.0 Å². The van der Waals surface area contributed by atoms with Crippen molar-refractivity contribution >= 4 is 15.9 Å². The topological polar surface area (TPSA) is 80.5 Å². The first kappa shape index (κ1) is 12.6. The molecule has 0 fully saturated rings. The van der Waals surface area contributed by atoms with Gasteiger partial charge in [-0.3, -0.25) is 4.79 Å². The van der Waals surface area contributed by atoms with Crippen LogP contribution in [0.1, 0.15) is 10.4 Å². The summed E-state index contributed by atoms with van der Waals surface area (Å²) in [5, 5.41) is 4.78. The number of nitrogens with zero attached hydrogens (tertiary/aromatic N) is 1. The summed E-state index contributed by atoms with van der Waals surface area (Å²) >= 11 is 0. The molecule has 0 radical (unpaired) electrons. The molecule has 7 heteroatoms. The van der Waals surface area contributed by atoms with Gasteiger partial charge in [-0.05, 0) is 18.2 Å². The second kappa shape index (κ2) is 4.18. The van der Waals surface area contributed by atoms with E-state index in [0.717, 1.165) is 12.1 Å². The van der Waals surface area contributed by atoms with Crippen LogP contribution in [0.5, 0.6) is 0 Å². The summed E-state index contributed by atoms with van der Waals surface area (Å²) in [5.41, 5.74) is 0.0647. The van der Waals surface area contributed by atoms with Crippen molar-refractivity contribution in [2.45, 2.75) is 4.90 Å². The number of halogens is 1. The SMILES string of the molecule is CN(C)C(=O)c1ccc(S(N)(=O)=O)c(F)c1. The molecule has 16 heavy (non-hydrogen) atoms. The van der Waals surface area contributed by atoms with Crippen LogP contribution in [0.4, 0.5) is 4.39 Å². The molecule has 1 aromatic rings. The number of benzene rings is 1. The molecule has 0 spiro atoms. The summed E-state index contributed by atoms with van der Waals surface area (Å²) in [6, 6.07) is 3.04. The zero-order chi connectivity index (χ0) is 12.5. The van der Waals surface area contributed by atoms with Crippen molar-refractivity contribution in [1.29, 1.82) is 0 Å². The Morgan fingerprint density at radius 3 is 2.31 bits per heavy atom. The van der Waals surface area contributed by atoms with Crippen molar-refractivity contribution in [3.8, 4) is 0 Å². The summed E-state index contributed by atoms with van der Waals surface area (Å²) in [4.78, 5) is 12.1. The van der Waals surface area contributed by atoms with E-state index in [1.165, 1.54) is 25.1 Å². The minimum Gasteiger partial charge on any atom is -0.345 e. The molecule has 0 heterocycles. The maximum absolute atomic E-state index is 13.3. The molecule has 1 aromatic carbocycles. The zero-order valence-electron chi connectivity index (χ0n) is 8.77. The molecule has 5 nitrogen and oxygen atoms in total. The molecular formula is C9H11FN2O3S. The quantitative estimate of drug-likeness (QED) is 0.808. The summed E-state index contributed by atoms with van der Waals surface area (Å²) in [5.74, 6) is -1.45. The van der Waals surface area contributed by atoms with Crippen LogP contribution in [0.2, 0.25) is 0 Å². The average molecular weight is 246 g/mol. The second-order valence-electron chi connectivity index (χ2n) is 3.39. The summed E-state index contributed by atoms with van der Waals surface area (Å²) in [6.45, 7) is 0. The van der Waals surface area contributed by atoms with E-state index in [0.29, 0.717) is 0 Å². The van der Waals surface area contributed by atoms with Gasteiger partial charge >= 0.3 is 0 Å². The maximum atomic E-state index is 13.3. The highest BCUT2D eigenvalue weighted by molar-refractivity contribution is 7.89. The van der Waals surface area contributed by atoms with Crippen molar-refractivity contribution in [1.82, 2.24) is 4.90 Å². The molecule has 0 aliphatic carbocycles. The van der Waals surface area contributed by atoms with Crippen LogP contribution >= 0.6 is 0 Å². The first-order valence-corrected chi connectivity index (χ1v) is 5.82. The van der Waals surface area contributed by atoms with Gasteiger partial charge in [0.2, 0.25) is 10.0 Å². The highest BCUT2D eigenvalue weighted by atomic mass is 32.2. The Kier molecular flexibility index (Phi) is 3.30. The van der Waals surface area contributed by atoms with Crippen molar-refractivity contribution in [2.24, 2.45) is 5.14 Å². The van der Waals surface area contributed by atoms with Crippen molar-refractivity contribution in [2.75, 3.05) is 14.1 Å². The number of sulfonamides is 1. The third kappa shape index (κ3) is 2.56. The minimum absolute atomic E-state index is 0.0647. The first-order valence-electron chi connectivity index (χ1n) is 4.27. The highest BCUT2D eigenvalue weighted by Crippen LogP contribution is 2.15. The van der Waals surface area contributed by atoms with Crippen LogP contribution in [0.15, 0.2) is 23.1 Å². The van der Waals surface area contributed by atoms with Crippen molar-refractivity contribution in [3.63, 3.8) is 0 Å². The van der Waals surface area contributed by atoms with E-state index in [1.807, 2.05) is 0 Å². The van der Waals surface area contributed by atoms with Crippen molar-refractivity contribution < 1.29 is 17.6 Å². The molecule has 88 valence electrons. The smallest absolute Gasteiger partial charge is 0.253 e. The minimum atomic E-state index is -4.10. The lowest BCUT2D eigenvalue weighted by atomic mass is 10.2. The fraction of sp³-hybridized carbons (Fsp3) is 0.222. The molecule has 0 unspecified atom stereocenters. The van der Waals surface area contributed by atoms with Crippen molar-refractivity contribution in [3.05, 3.63) is 29.6 Å². The fourth-order valence-corrected chi connectivity index (χ4v) is 1.71. The molecule has 0 aromatic heterocycles. The van der Waals surface area contributed by atoms with E-state index in [-0.39, 0.29) is 5.56 Å². The van der Waals surface area contributed by atoms with Gasteiger partial charge in [0.15, 0.2) is 0 Å². The van der Waals surface area contributed by atoms with E-state index in [9.17, 15) is 17.6 Å². The van der Waals surface area contributed by atoms with Gasteiger partial charge in [-0.2, -0.15) is 0 Å². The number of nitrogens with two attached hydrogens (primary N) is 1. The number of carbonyl (C=O) groups is 1. The first-order chi connectivity index (χ1) is 7.23. The van der Waals surface area contributed by atoms with E-state index >= 15 is 0 Å². The molecule has 0 aliphatic heterocycles. The lowest BCUT2D eigenvalue weighted by Crippen LogP contribution is -2.22. The third-order valence-corrected chi connectivity index (χ3v) is 2.84. The summed E-state index contributed by atoms with van der Waals surface area (Å²) < 4.78 is 35.2. The van der Waals surface area contributed by atoms with E-state index in [2.05, 4.69) is 0 Å². The molecule has 0 saturated carbocycles. The Bertz CT molecular complexity index is 526. The van der Waals surface area contributed by atoms with Gasteiger partial charge in [0.1, 0.15) is 10.7 Å². The largest absolute Gasteiger partial charge is 0.345 e. The number of amides is 1. The number of primary sulfonamides is 1. The molecular weight excluding hydrogens is 235 g/mol. The van der Waals surface area contributed by atoms with Gasteiger partial charge < -0.3 is 4.90 Å². The molecule has 1 amide bonds. The van der Waals surface area contributed by atoms with E-state index in [4.69, 9.17) is 5.14 Å². The number of hydrogen-bond donors (Lipinski definition) is 1.